The molecule has 4 nitrogen and oxygen atoms in total. The van der Waals surface area contributed by atoms with Crippen molar-refractivity contribution in [2.45, 2.75) is 26.4 Å². The molecule has 4 heteroatoms. The second kappa shape index (κ2) is 6.92. The Labute approximate surface area is 137 Å². The van der Waals surface area contributed by atoms with Gasteiger partial charge in [0, 0.05) is 45.0 Å². The Balaban J connectivity index is 1.75. The fourth-order valence-electron chi connectivity index (χ4n) is 3.17. The molecule has 0 spiro atoms. The first-order valence-electron chi connectivity index (χ1n) is 8.09. The van der Waals surface area contributed by atoms with Crippen LogP contribution in [0.4, 0.5) is 0 Å². The van der Waals surface area contributed by atoms with Gasteiger partial charge in [0.05, 0.1) is 6.04 Å². The zero-order valence-corrected chi connectivity index (χ0v) is 13.8. The van der Waals surface area contributed by atoms with Crippen molar-refractivity contribution >= 4 is 5.91 Å². The second-order valence-electron chi connectivity index (χ2n) is 6.18. The predicted octanol–water partition coefficient (Wildman–Crippen LogP) is 2.80. The van der Waals surface area contributed by atoms with E-state index in [0.717, 1.165) is 31.9 Å². The number of benzene rings is 1. The Kier molecular flexibility index (Phi) is 4.72. The van der Waals surface area contributed by atoms with Crippen molar-refractivity contribution in [3.63, 3.8) is 0 Å². The van der Waals surface area contributed by atoms with Crippen molar-refractivity contribution < 1.29 is 4.79 Å². The molecule has 1 aliphatic heterocycles. The Bertz CT molecular complexity index is 654. The van der Waals surface area contributed by atoms with Gasteiger partial charge in [-0.3, -0.25) is 14.7 Å². The lowest BCUT2D eigenvalue weighted by atomic mass is 10.0. The molecule has 1 atom stereocenters. The summed E-state index contributed by atoms with van der Waals surface area (Å²) in [5.41, 5.74) is 3.46. The molecule has 1 aromatic carbocycles. The van der Waals surface area contributed by atoms with E-state index in [2.05, 4.69) is 34.1 Å². The molecule has 1 aromatic heterocycles. The minimum atomic E-state index is 0.126. The molecular formula is C19H23N3O. The number of hydrogen-bond acceptors (Lipinski definition) is 3. The molecule has 2 heterocycles. The maximum atomic E-state index is 12.0. The van der Waals surface area contributed by atoms with E-state index in [9.17, 15) is 4.79 Å². The van der Waals surface area contributed by atoms with E-state index in [-0.39, 0.29) is 11.9 Å². The number of amides is 1. The number of pyridine rings is 1. The first-order valence-corrected chi connectivity index (χ1v) is 8.09. The van der Waals surface area contributed by atoms with Gasteiger partial charge in [0.15, 0.2) is 0 Å². The molecule has 0 saturated carbocycles. The third kappa shape index (κ3) is 3.77. The van der Waals surface area contributed by atoms with E-state index >= 15 is 0 Å². The minimum Gasteiger partial charge on any atom is -0.333 e. The highest BCUT2D eigenvalue weighted by atomic mass is 16.2. The summed E-state index contributed by atoms with van der Waals surface area (Å²) < 4.78 is 0. The van der Waals surface area contributed by atoms with Gasteiger partial charge < -0.3 is 4.90 Å². The summed E-state index contributed by atoms with van der Waals surface area (Å²) in [5, 5.41) is 0. The molecule has 120 valence electrons. The van der Waals surface area contributed by atoms with Crippen molar-refractivity contribution in [3.8, 4) is 0 Å². The second-order valence-corrected chi connectivity index (χ2v) is 6.18. The first-order chi connectivity index (χ1) is 11.1. The zero-order valence-electron chi connectivity index (χ0n) is 13.8. The van der Waals surface area contributed by atoms with E-state index in [0.29, 0.717) is 0 Å². The topological polar surface area (TPSA) is 36.4 Å². The van der Waals surface area contributed by atoms with Crippen LogP contribution in [0.25, 0.3) is 0 Å². The fourth-order valence-corrected chi connectivity index (χ4v) is 3.17. The van der Waals surface area contributed by atoms with Crippen molar-refractivity contribution in [2.24, 2.45) is 0 Å². The summed E-state index contributed by atoms with van der Waals surface area (Å²) >= 11 is 0. The molecule has 23 heavy (non-hydrogen) atoms. The number of rotatable bonds is 3. The van der Waals surface area contributed by atoms with E-state index in [1.807, 2.05) is 36.2 Å². The van der Waals surface area contributed by atoms with E-state index in [1.54, 1.807) is 6.92 Å². The van der Waals surface area contributed by atoms with Crippen LogP contribution in [0.1, 0.15) is 29.8 Å². The molecule has 0 aliphatic carbocycles. The number of aromatic nitrogens is 1. The molecule has 2 aromatic rings. The van der Waals surface area contributed by atoms with Crippen LogP contribution in [-0.4, -0.2) is 40.3 Å². The standard InChI is InChI=1S/C19H23N3O/c1-15-8-9-17(12-20-15)13-21-10-11-22(16(2)23)19(14-21)18-6-4-3-5-7-18/h3-9,12,19H,10-11,13-14H2,1-2H3/t19-/m1/s1. The number of piperazine rings is 1. The third-order valence-corrected chi connectivity index (χ3v) is 4.43. The third-order valence-electron chi connectivity index (χ3n) is 4.43. The van der Waals surface area contributed by atoms with Crippen LogP contribution in [0.15, 0.2) is 48.7 Å². The summed E-state index contributed by atoms with van der Waals surface area (Å²) in [6, 6.07) is 14.6. The summed E-state index contributed by atoms with van der Waals surface area (Å²) in [6.07, 6.45) is 1.95. The van der Waals surface area contributed by atoms with Crippen LogP contribution in [0.5, 0.6) is 0 Å². The summed E-state index contributed by atoms with van der Waals surface area (Å²) in [4.78, 5) is 20.7. The first kappa shape index (κ1) is 15.7. The van der Waals surface area contributed by atoms with Crippen molar-refractivity contribution in [2.75, 3.05) is 19.6 Å². The predicted molar refractivity (Wildman–Crippen MR) is 90.8 cm³/mol. The molecule has 0 radical (unpaired) electrons. The zero-order chi connectivity index (χ0) is 16.2. The smallest absolute Gasteiger partial charge is 0.220 e. The molecule has 1 aliphatic rings. The molecule has 1 amide bonds. The molecule has 3 rings (SSSR count). The van der Waals surface area contributed by atoms with Crippen molar-refractivity contribution in [1.82, 2.24) is 14.8 Å². The van der Waals surface area contributed by atoms with E-state index < -0.39 is 0 Å². The van der Waals surface area contributed by atoms with Gasteiger partial charge in [-0.25, -0.2) is 0 Å². The van der Waals surface area contributed by atoms with Crippen LogP contribution in [-0.2, 0) is 11.3 Å². The van der Waals surface area contributed by atoms with Gasteiger partial charge in [-0.1, -0.05) is 36.4 Å². The summed E-state index contributed by atoms with van der Waals surface area (Å²) in [5.74, 6) is 0.149. The number of nitrogens with zero attached hydrogens (tertiary/aromatic N) is 3. The van der Waals surface area contributed by atoms with E-state index in [4.69, 9.17) is 0 Å². The molecular weight excluding hydrogens is 286 g/mol. The SMILES string of the molecule is CC(=O)N1CCN(Cc2ccc(C)nc2)C[C@@H]1c1ccccc1. The van der Waals surface area contributed by atoms with Gasteiger partial charge in [-0.05, 0) is 24.1 Å². The molecule has 0 N–H and O–H groups in total. The van der Waals surface area contributed by atoms with Gasteiger partial charge in [-0.15, -0.1) is 0 Å². The van der Waals surface area contributed by atoms with Crippen molar-refractivity contribution in [3.05, 3.63) is 65.5 Å². The highest BCUT2D eigenvalue weighted by Gasteiger charge is 2.29. The summed E-state index contributed by atoms with van der Waals surface area (Å²) in [7, 11) is 0. The normalized spacial score (nSPS) is 18.9. The van der Waals surface area contributed by atoms with Gasteiger partial charge in [-0.2, -0.15) is 0 Å². The maximum Gasteiger partial charge on any atom is 0.220 e. The van der Waals surface area contributed by atoms with Gasteiger partial charge in [0.2, 0.25) is 5.91 Å². The average Bonchev–Trinajstić information content (AvgIpc) is 2.57. The lowest BCUT2D eigenvalue weighted by Gasteiger charge is -2.41. The van der Waals surface area contributed by atoms with Crippen molar-refractivity contribution in [1.29, 1.82) is 0 Å². The van der Waals surface area contributed by atoms with Gasteiger partial charge in [0.1, 0.15) is 0 Å². The number of carbonyl (C=O) groups is 1. The Morgan fingerprint density at radius 3 is 2.61 bits per heavy atom. The van der Waals surface area contributed by atoms with Crippen LogP contribution in [0.3, 0.4) is 0 Å². The number of aryl methyl sites for hydroxylation is 1. The lowest BCUT2D eigenvalue weighted by Crippen LogP contribution is -2.49. The van der Waals surface area contributed by atoms with Gasteiger partial charge >= 0.3 is 0 Å². The van der Waals surface area contributed by atoms with Gasteiger partial charge in [0.25, 0.3) is 0 Å². The quantitative estimate of drug-likeness (QED) is 0.875. The molecule has 1 fully saturated rings. The Hall–Kier alpha value is -2.20. The molecule has 0 bridgehead atoms. The summed E-state index contributed by atoms with van der Waals surface area (Å²) in [6.45, 7) is 7.07. The molecule has 0 unspecified atom stereocenters. The number of hydrogen-bond donors (Lipinski definition) is 0. The molecule has 1 saturated heterocycles. The highest BCUT2D eigenvalue weighted by Crippen LogP contribution is 2.26. The fraction of sp³-hybridized carbons (Fsp3) is 0.368. The minimum absolute atomic E-state index is 0.126. The van der Waals surface area contributed by atoms with E-state index in [1.165, 1.54) is 11.1 Å². The van der Waals surface area contributed by atoms with Crippen LogP contribution >= 0.6 is 0 Å². The maximum absolute atomic E-state index is 12.0. The monoisotopic (exact) mass is 309 g/mol. The number of carbonyl (C=O) groups excluding carboxylic acids is 1. The van der Waals surface area contributed by atoms with Crippen LogP contribution < -0.4 is 0 Å². The Morgan fingerprint density at radius 1 is 1.17 bits per heavy atom. The lowest BCUT2D eigenvalue weighted by molar-refractivity contribution is -0.134. The Morgan fingerprint density at radius 2 is 1.96 bits per heavy atom. The largest absolute Gasteiger partial charge is 0.333 e. The van der Waals surface area contributed by atoms with Crippen LogP contribution in [0.2, 0.25) is 0 Å². The van der Waals surface area contributed by atoms with Crippen LogP contribution in [0, 0.1) is 6.92 Å². The highest BCUT2D eigenvalue weighted by molar-refractivity contribution is 5.74. The average molecular weight is 309 g/mol.